The number of nitrogens with one attached hydrogen (secondary N) is 2. The van der Waals surface area contributed by atoms with Crippen molar-refractivity contribution in [3.05, 3.63) is 76.5 Å². The molecule has 166 valence electrons. The van der Waals surface area contributed by atoms with Crippen LogP contribution in [-0.2, 0) is 12.6 Å². The van der Waals surface area contributed by atoms with Gasteiger partial charge in [-0.25, -0.2) is 9.97 Å². The van der Waals surface area contributed by atoms with Crippen LogP contribution in [0.2, 0.25) is 0 Å². The van der Waals surface area contributed by atoms with Crippen LogP contribution in [0.15, 0.2) is 59.7 Å². The molecule has 3 aromatic heterocycles. The Morgan fingerprint density at radius 1 is 1.09 bits per heavy atom. The van der Waals surface area contributed by atoms with Crippen molar-refractivity contribution in [2.45, 2.75) is 26.4 Å². The van der Waals surface area contributed by atoms with Gasteiger partial charge in [-0.1, -0.05) is 24.3 Å². The van der Waals surface area contributed by atoms with E-state index in [1.54, 1.807) is 20.9 Å². The quantitative estimate of drug-likeness (QED) is 0.387. The molecule has 0 aliphatic carbocycles. The Kier molecular flexibility index (Phi) is 4.75. The Morgan fingerprint density at radius 2 is 1.85 bits per heavy atom. The third-order valence-electron chi connectivity index (χ3n) is 5.81. The molecule has 0 amide bonds. The van der Waals surface area contributed by atoms with E-state index in [1.165, 1.54) is 10.9 Å². The highest BCUT2D eigenvalue weighted by molar-refractivity contribution is 5.94. The second kappa shape index (κ2) is 7.53. The van der Waals surface area contributed by atoms with Crippen molar-refractivity contribution in [3.8, 4) is 11.3 Å². The lowest BCUT2D eigenvalue weighted by Crippen LogP contribution is -2.18. The van der Waals surface area contributed by atoms with Crippen molar-refractivity contribution in [2.75, 3.05) is 5.32 Å². The number of fused-ring (bicyclic) bond motifs is 2. The van der Waals surface area contributed by atoms with Gasteiger partial charge in [-0.2, -0.15) is 5.10 Å². The normalized spacial score (nSPS) is 11.9. The van der Waals surface area contributed by atoms with Crippen molar-refractivity contribution in [3.63, 3.8) is 0 Å². The maximum absolute atomic E-state index is 13.0. The lowest BCUT2D eigenvalue weighted by Gasteiger charge is -2.18. The van der Waals surface area contributed by atoms with Crippen LogP contribution >= 0.6 is 0 Å². The molecule has 5 rings (SSSR count). The number of aromatic amines is 1. The average molecular weight is 441 g/mol. The fraction of sp³-hybridized carbons (Fsp3) is 0.200. The molecule has 3 N–H and O–H groups in total. The Labute approximate surface area is 190 Å². The largest absolute Gasteiger partial charge is 0.386 e. The third-order valence-corrected chi connectivity index (χ3v) is 5.81. The summed E-state index contributed by atoms with van der Waals surface area (Å²) in [6.45, 7) is 5.44. The smallest absolute Gasteiger partial charge is 0.264 e. The zero-order valence-corrected chi connectivity index (χ0v) is 18.8. The summed E-state index contributed by atoms with van der Waals surface area (Å²) in [5, 5.41) is 22.3. The van der Waals surface area contributed by atoms with Crippen LogP contribution in [0, 0.1) is 6.92 Å². The Bertz CT molecular complexity index is 1560. The first-order valence-corrected chi connectivity index (χ1v) is 10.6. The predicted octanol–water partition coefficient (Wildman–Crippen LogP) is 4.15. The molecule has 0 radical (unpaired) electrons. The maximum atomic E-state index is 13.0. The molecule has 2 aromatic carbocycles. The minimum Gasteiger partial charge on any atom is -0.386 e. The zero-order valence-electron chi connectivity index (χ0n) is 18.8. The van der Waals surface area contributed by atoms with Gasteiger partial charge in [0.25, 0.3) is 5.56 Å². The van der Waals surface area contributed by atoms with E-state index in [1.807, 2.05) is 55.5 Å². The van der Waals surface area contributed by atoms with Gasteiger partial charge in [-0.3, -0.25) is 9.89 Å². The van der Waals surface area contributed by atoms with Gasteiger partial charge in [-0.05, 0) is 50.6 Å². The van der Waals surface area contributed by atoms with Gasteiger partial charge < -0.3 is 15.0 Å². The van der Waals surface area contributed by atoms with E-state index < -0.39 is 5.60 Å². The highest BCUT2D eigenvalue weighted by Gasteiger charge is 2.17. The van der Waals surface area contributed by atoms with E-state index in [4.69, 9.17) is 4.98 Å². The lowest BCUT2D eigenvalue weighted by molar-refractivity contribution is 0.0786. The van der Waals surface area contributed by atoms with Crippen molar-refractivity contribution in [2.24, 2.45) is 7.05 Å². The minimum absolute atomic E-state index is 0.183. The van der Waals surface area contributed by atoms with Crippen molar-refractivity contribution < 1.29 is 5.11 Å². The van der Waals surface area contributed by atoms with Gasteiger partial charge in [0.05, 0.1) is 34.3 Å². The molecule has 0 saturated heterocycles. The third kappa shape index (κ3) is 3.74. The molecule has 0 spiro atoms. The molecule has 0 aliphatic heterocycles. The van der Waals surface area contributed by atoms with Gasteiger partial charge in [-0.15, -0.1) is 0 Å². The molecule has 0 aliphatic rings. The molecule has 0 fully saturated rings. The standard InChI is InChI=1S/C25H24N6O2/c1-14-18-10-9-17(11-20(18)30-29-14)27-23-22-21(26-13-31(4)24(22)32)12-19(28-23)15-5-7-16(8-6-15)25(2,3)33/h5-13,33H,1-4H3,(H,27,28)(H,29,30). The van der Waals surface area contributed by atoms with Crippen molar-refractivity contribution in [1.29, 1.82) is 0 Å². The monoisotopic (exact) mass is 440 g/mol. The van der Waals surface area contributed by atoms with E-state index in [9.17, 15) is 9.90 Å². The summed E-state index contributed by atoms with van der Waals surface area (Å²) in [6.07, 6.45) is 1.51. The van der Waals surface area contributed by atoms with E-state index in [-0.39, 0.29) is 5.56 Å². The number of anilines is 2. The van der Waals surface area contributed by atoms with Gasteiger partial charge in [0.15, 0.2) is 0 Å². The first-order valence-electron chi connectivity index (χ1n) is 10.6. The molecular weight excluding hydrogens is 416 g/mol. The number of nitrogens with zero attached hydrogens (tertiary/aromatic N) is 4. The van der Waals surface area contributed by atoms with E-state index in [2.05, 4.69) is 20.5 Å². The van der Waals surface area contributed by atoms with Gasteiger partial charge in [0.2, 0.25) is 0 Å². The summed E-state index contributed by atoms with van der Waals surface area (Å²) in [7, 11) is 1.67. The Hall–Kier alpha value is -4.04. The number of hydrogen-bond acceptors (Lipinski definition) is 6. The van der Waals surface area contributed by atoms with Crippen molar-refractivity contribution >= 4 is 33.3 Å². The molecule has 0 bridgehead atoms. The minimum atomic E-state index is -0.931. The number of pyridine rings is 1. The summed E-state index contributed by atoms with van der Waals surface area (Å²) in [6, 6.07) is 15.2. The van der Waals surface area contributed by atoms with E-state index >= 15 is 0 Å². The predicted molar refractivity (Wildman–Crippen MR) is 130 cm³/mol. The second-order valence-electron chi connectivity index (χ2n) is 8.74. The molecule has 0 atom stereocenters. The average Bonchev–Trinajstić information content (AvgIpc) is 3.15. The molecule has 0 unspecified atom stereocenters. The number of rotatable bonds is 4. The molecule has 8 nitrogen and oxygen atoms in total. The first kappa shape index (κ1) is 20.8. The fourth-order valence-electron chi connectivity index (χ4n) is 3.88. The van der Waals surface area contributed by atoms with Crippen molar-refractivity contribution in [1.82, 2.24) is 24.7 Å². The van der Waals surface area contributed by atoms with Crippen LogP contribution in [0.5, 0.6) is 0 Å². The number of hydrogen-bond donors (Lipinski definition) is 3. The molecule has 0 saturated carbocycles. The summed E-state index contributed by atoms with van der Waals surface area (Å²) in [5.41, 5.74) is 4.37. The maximum Gasteiger partial charge on any atom is 0.264 e. The van der Waals surface area contributed by atoms with Crippen LogP contribution in [0.25, 0.3) is 33.1 Å². The molecule has 3 heterocycles. The van der Waals surface area contributed by atoms with Crippen LogP contribution in [0.3, 0.4) is 0 Å². The lowest BCUT2D eigenvalue weighted by atomic mass is 9.96. The van der Waals surface area contributed by atoms with Gasteiger partial charge in [0, 0.05) is 23.7 Å². The topological polar surface area (TPSA) is 109 Å². The molecule has 33 heavy (non-hydrogen) atoms. The molecule has 5 aromatic rings. The first-order chi connectivity index (χ1) is 15.7. The Balaban J connectivity index is 1.65. The zero-order chi connectivity index (χ0) is 23.3. The number of aryl methyl sites for hydroxylation is 2. The number of H-pyrrole nitrogens is 1. The van der Waals surface area contributed by atoms with Crippen LogP contribution < -0.4 is 10.9 Å². The fourth-order valence-corrected chi connectivity index (χ4v) is 3.88. The van der Waals surface area contributed by atoms with Crippen LogP contribution in [0.4, 0.5) is 11.5 Å². The second-order valence-corrected chi connectivity index (χ2v) is 8.74. The van der Waals surface area contributed by atoms with E-state index in [0.717, 1.165) is 33.4 Å². The number of aliphatic hydroxyl groups is 1. The van der Waals surface area contributed by atoms with E-state index in [0.29, 0.717) is 22.4 Å². The van der Waals surface area contributed by atoms with Crippen LogP contribution in [-0.4, -0.2) is 29.8 Å². The SMILES string of the molecule is Cc1n[nH]c2cc(Nc3nc(-c4ccc(C(C)(C)O)cc4)cc4ncn(C)c(=O)c34)ccc12. The summed E-state index contributed by atoms with van der Waals surface area (Å²) in [5.74, 6) is 0.429. The Morgan fingerprint density at radius 3 is 2.58 bits per heavy atom. The van der Waals surface area contributed by atoms with Gasteiger partial charge in [0.1, 0.15) is 11.2 Å². The van der Waals surface area contributed by atoms with Gasteiger partial charge >= 0.3 is 0 Å². The summed E-state index contributed by atoms with van der Waals surface area (Å²) < 4.78 is 1.44. The van der Waals surface area contributed by atoms with Crippen LogP contribution in [0.1, 0.15) is 25.1 Å². The highest BCUT2D eigenvalue weighted by Crippen LogP contribution is 2.30. The molecule has 8 heteroatoms. The number of aromatic nitrogens is 5. The number of benzene rings is 2. The summed E-state index contributed by atoms with van der Waals surface area (Å²) in [4.78, 5) is 22.2. The highest BCUT2D eigenvalue weighted by atomic mass is 16.3. The summed E-state index contributed by atoms with van der Waals surface area (Å²) >= 11 is 0. The molecular formula is C25H24N6O2.